The summed E-state index contributed by atoms with van der Waals surface area (Å²) in [7, 11) is -3.73. The second kappa shape index (κ2) is 5.35. The van der Waals surface area contributed by atoms with Gasteiger partial charge in [0.25, 0.3) is 10.0 Å². The monoisotopic (exact) mass is 299 g/mol. The Hall–Kier alpha value is -1.71. The van der Waals surface area contributed by atoms with E-state index >= 15 is 0 Å². The minimum atomic E-state index is -3.73. The number of sulfonamides is 1. The molecule has 0 saturated carbocycles. The number of hydrogen-bond acceptors (Lipinski definition) is 6. The van der Waals surface area contributed by atoms with Crippen LogP contribution in [0.25, 0.3) is 0 Å². The predicted molar refractivity (Wildman–Crippen MR) is 71.2 cm³/mol. The number of aryl methyl sites for hydroxylation is 3. The Morgan fingerprint density at radius 1 is 1.30 bits per heavy atom. The molecule has 0 atom stereocenters. The van der Waals surface area contributed by atoms with Gasteiger partial charge in [0.15, 0.2) is 5.03 Å². The van der Waals surface area contributed by atoms with E-state index in [2.05, 4.69) is 20.1 Å². The van der Waals surface area contributed by atoms with Gasteiger partial charge in [0, 0.05) is 29.9 Å². The van der Waals surface area contributed by atoms with Crippen molar-refractivity contribution in [3.05, 3.63) is 28.3 Å². The zero-order valence-corrected chi connectivity index (χ0v) is 12.3. The molecule has 0 saturated heterocycles. The summed E-state index contributed by atoms with van der Waals surface area (Å²) in [6.45, 7) is 5.41. The van der Waals surface area contributed by atoms with E-state index < -0.39 is 10.0 Å². The van der Waals surface area contributed by atoms with Crippen molar-refractivity contribution < 1.29 is 12.9 Å². The molecule has 2 rings (SSSR count). The molecule has 0 aliphatic carbocycles. The summed E-state index contributed by atoms with van der Waals surface area (Å²) in [5.74, 6) is 0.586. The SMILES string of the molecule is Cc1noc(C)c1CNS(=O)(=O)c1n[nH]c(C)c1CN. The van der Waals surface area contributed by atoms with Crippen LogP contribution in [0.1, 0.15) is 28.3 Å². The van der Waals surface area contributed by atoms with Crippen LogP contribution in [0.3, 0.4) is 0 Å². The minimum absolute atomic E-state index is 0.0655. The molecule has 20 heavy (non-hydrogen) atoms. The van der Waals surface area contributed by atoms with E-state index in [1.165, 1.54) is 0 Å². The van der Waals surface area contributed by atoms with Gasteiger partial charge in [-0.3, -0.25) is 5.10 Å². The van der Waals surface area contributed by atoms with Crippen molar-refractivity contribution in [1.29, 1.82) is 0 Å². The average molecular weight is 299 g/mol. The molecule has 0 bridgehead atoms. The number of aromatic nitrogens is 3. The number of nitrogens with one attached hydrogen (secondary N) is 2. The van der Waals surface area contributed by atoms with Gasteiger partial charge in [-0.1, -0.05) is 5.16 Å². The zero-order chi connectivity index (χ0) is 14.9. The number of nitrogens with two attached hydrogens (primary N) is 1. The highest BCUT2D eigenvalue weighted by Gasteiger charge is 2.23. The van der Waals surface area contributed by atoms with Crippen LogP contribution in [0.15, 0.2) is 9.55 Å². The molecule has 2 aromatic rings. The predicted octanol–water partition coefficient (Wildman–Crippen LogP) is 0.260. The molecular formula is C11H17N5O3S. The Morgan fingerprint density at radius 3 is 2.55 bits per heavy atom. The lowest BCUT2D eigenvalue weighted by Crippen LogP contribution is -2.25. The molecule has 110 valence electrons. The first-order chi connectivity index (χ1) is 9.36. The third kappa shape index (κ3) is 2.60. The number of nitrogens with zero attached hydrogens (tertiary/aromatic N) is 2. The standard InChI is InChI=1S/C11H17N5O3S/c1-6-9(4-12)11(15-14-6)20(17,18)13-5-10-7(2)16-19-8(10)3/h13H,4-5,12H2,1-3H3,(H,14,15). The van der Waals surface area contributed by atoms with Gasteiger partial charge in [-0.2, -0.15) is 5.10 Å². The van der Waals surface area contributed by atoms with Crippen molar-refractivity contribution in [2.45, 2.75) is 38.9 Å². The molecule has 2 aromatic heterocycles. The fourth-order valence-electron chi connectivity index (χ4n) is 1.88. The molecule has 0 aliphatic heterocycles. The van der Waals surface area contributed by atoms with Crippen LogP contribution in [0, 0.1) is 20.8 Å². The third-order valence-corrected chi connectivity index (χ3v) is 4.49. The normalized spacial score (nSPS) is 12.0. The second-order valence-electron chi connectivity index (χ2n) is 4.46. The van der Waals surface area contributed by atoms with Gasteiger partial charge in [-0.15, -0.1) is 0 Å². The summed E-state index contributed by atoms with van der Waals surface area (Å²) < 4.78 is 32.0. The number of aromatic amines is 1. The van der Waals surface area contributed by atoms with Gasteiger partial charge in [0.2, 0.25) is 0 Å². The van der Waals surface area contributed by atoms with Crippen LogP contribution in [0.2, 0.25) is 0 Å². The molecule has 0 spiro atoms. The number of H-pyrrole nitrogens is 1. The largest absolute Gasteiger partial charge is 0.361 e. The van der Waals surface area contributed by atoms with Crippen LogP contribution >= 0.6 is 0 Å². The number of rotatable bonds is 5. The van der Waals surface area contributed by atoms with Gasteiger partial charge in [-0.05, 0) is 20.8 Å². The molecule has 9 heteroatoms. The van der Waals surface area contributed by atoms with Crippen molar-refractivity contribution in [2.24, 2.45) is 5.73 Å². The zero-order valence-electron chi connectivity index (χ0n) is 11.5. The fraction of sp³-hybridized carbons (Fsp3) is 0.455. The average Bonchev–Trinajstić information content (AvgIpc) is 2.91. The highest BCUT2D eigenvalue weighted by molar-refractivity contribution is 7.89. The van der Waals surface area contributed by atoms with Crippen molar-refractivity contribution in [2.75, 3.05) is 0 Å². The van der Waals surface area contributed by atoms with Crippen molar-refractivity contribution in [3.8, 4) is 0 Å². The molecular weight excluding hydrogens is 282 g/mol. The maximum absolute atomic E-state index is 12.2. The minimum Gasteiger partial charge on any atom is -0.361 e. The highest BCUT2D eigenvalue weighted by atomic mass is 32.2. The molecule has 0 aromatic carbocycles. The Balaban J connectivity index is 2.24. The summed E-state index contributed by atoms with van der Waals surface area (Å²) in [5.41, 5.74) is 8.05. The van der Waals surface area contributed by atoms with Crippen molar-refractivity contribution >= 4 is 10.0 Å². The number of hydrogen-bond donors (Lipinski definition) is 3. The second-order valence-corrected chi connectivity index (χ2v) is 6.15. The van der Waals surface area contributed by atoms with Gasteiger partial charge >= 0.3 is 0 Å². The smallest absolute Gasteiger partial charge is 0.260 e. The maximum Gasteiger partial charge on any atom is 0.260 e. The summed E-state index contributed by atoms with van der Waals surface area (Å²) in [6, 6.07) is 0. The Morgan fingerprint density at radius 2 is 2.00 bits per heavy atom. The van der Waals surface area contributed by atoms with Crippen molar-refractivity contribution in [1.82, 2.24) is 20.1 Å². The first kappa shape index (κ1) is 14.7. The van der Waals surface area contributed by atoms with E-state index in [-0.39, 0.29) is 18.1 Å². The quantitative estimate of drug-likeness (QED) is 0.726. The Bertz CT molecular complexity index is 697. The first-order valence-electron chi connectivity index (χ1n) is 6.02. The lowest BCUT2D eigenvalue weighted by Gasteiger charge is -2.05. The van der Waals surface area contributed by atoms with Gasteiger partial charge in [0.1, 0.15) is 5.76 Å². The third-order valence-electron chi connectivity index (χ3n) is 3.11. The molecule has 0 fully saturated rings. The lowest BCUT2D eigenvalue weighted by molar-refractivity contribution is 0.392. The van der Waals surface area contributed by atoms with Gasteiger partial charge in [-0.25, -0.2) is 13.1 Å². The molecule has 4 N–H and O–H groups in total. The van der Waals surface area contributed by atoms with E-state index in [9.17, 15) is 8.42 Å². The Kier molecular flexibility index (Phi) is 3.93. The summed E-state index contributed by atoms with van der Waals surface area (Å²) in [5, 5.41) is 10.1. The van der Waals surface area contributed by atoms with E-state index in [0.717, 1.165) is 5.56 Å². The molecule has 2 heterocycles. The molecule has 0 amide bonds. The highest BCUT2D eigenvalue weighted by Crippen LogP contribution is 2.17. The van der Waals surface area contributed by atoms with Crippen LogP contribution < -0.4 is 10.5 Å². The van der Waals surface area contributed by atoms with Gasteiger partial charge < -0.3 is 10.3 Å². The Labute approximate surface area is 116 Å². The lowest BCUT2D eigenvalue weighted by atomic mass is 10.2. The molecule has 8 nitrogen and oxygen atoms in total. The van der Waals surface area contributed by atoms with Crippen LogP contribution in [0.5, 0.6) is 0 Å². The van der Waals surface area contributed by atoms with Crippen LogP contribution in [0.4, 0.5) is 0 Å². The van der Waals surface area contributed by atoms with E-state index in [4.69, 9.17) is 10.3 Å². The summed E-state index contributed by atoms with van der Waals surface area (Å²) >= 11 is 0. The van der Waals surface area contributed by atoms with E-state index in [1.54, 1.807) is 20.8 Å². The molecule has 0 unspecified atom stereocenters. The summed E-state index contributed by atoms with van der Waals surface area (Å²) in [4.78, 5) is 0. The first-order valence-corrected chi connectivity index (χ1v) is 7.50. The van der Waals surface area contributed by atoms with E-state index in [1.807, 2.05) is 0 Å². The van der Waals surface area contributed by atoms with E-state index in [0.29, 0.717) is 22.7 Å². The molecule has 0 radical (unpaired) electrons. The van der Waals surface area contributed by atoms with Crippen molar-refractivity contribution in [3.63, 3.8) is 0 Å². The molecule has 0 aliphatic rings. The topological polar surface area (TPSA) is 127 Å². The van der Waals surface area contributed by atoms with Crippen LogP contribution in [-0.2, 0) is 23.1 Å². The van der Waals surface area contributed by atoms with Gasteiger partial charge in [0.05, 0.1) is 5.69 Å². The van der Waals surface area contributed by atoms with Crippen LogP contribution in [-0.4, -0.2) is 23.8 Å². The maximum atomic E-state index is 12.2. The summed E-state index contributed by atoms with van der Waals surface area (Å²) in [6.07, 6.45) is 0. The fourth-order valence-corrected chi connectivity index (χ4v) is 3.08.